The highest BCUT2D eigenvalue weighted by molar-refractivity contribution is 5.89. The summed E-state index contributed by atoms with van der Waals surface area (Å²) < 4.78 is 0. The van der Waals surface area contributed by atoms with Crippen molar-refractivity contribution >= 4 is 17.8 Å². The van der Waals surface area contributed by atoms with Gasteiger partial charge in [-0.2, -0.15) is 0 Å². The summed E-state index contributed by atoms with van der Waals surface area (Å²) in [4.78, 5) is 30.9. The molecule has 7 nitrogen and oxygen atoms in total. The van der Waals surface area contributed by atoms with Crippen LogP contribution in [0.3, 0.4) is 0 Å². The van der Waals surface area contributed by atoms with E-state index in [4.69, 9.17) is 15.9 Å². The molecule has 0 radical (unpaired) electrons. The van der Waals surface area contributed by atoms with Crippen LogP contribution in [0.1, 0.15) is 18.1 Å². The van der Waals surface area contributed by atoms with Gasteiger partial charge >= 0.3 is 11.9 Å². The third-order valence-electron chi connectivity index (χ3n) is 3.78. The molecule has 2 rings (SSSR count). The summed E-state index contributed by atoms with van der Waals surface area (Å²) in [5.41, 5.74) is 7.23. The minimum absolute atomic E-state index is 0.00276. The Labute approximate surface area is 163 Å². The van der Waals surface area contributed by atoms with Gasteiger partial charge in [0.15, 0.2) is 0 Å². The van der Waals surface area contributed by atoms with E-state index >= 15 is 0 Å². The number of carbonyl (C=O) groups is 3. The molecule has 1 atom stereocenters. The lowest BCUT2D eigenvalue weighted by atomic mass is 9.85. The van der Waals surface area contributed by atoms with Crippen molar-refractivity contribution in [3.05, 3.63) is 83.9 Å². The van der Waals surface area contributed by atoms with Gasteiger partial charge in [-0.1, -0.05) is 60.7 Å². The summed E-state index contributed by atoms with van der Waals surface area (Å²) in [5.74, 6) is -2.66. The smallest absolute Gasteiger partial charge is 0.328 e. The summed E-state index contributed by atoms with van der Waals surface area (Å²) in [5, 5.41) is 18.7. The van der Waals surface area contributed by atoms with Gasteiger partial charge in [0.2, 0.25) is 5.91 Å². The molecule has 0 heterocycles. The summed E-state index contributed by atoms with van der Waals surface area (Å²) in [6.45, 7) is 2.03. The van der Waals surface area contributed by atoms with E-state index in [1.807, 2.05) is 55.5 Å². The highest BCUT2D eigenvalue weighted by Gasteiger charge is 2.28. The number of nitrogens with one attached hydrogen (secondary N) is 1. The van der Waals surface area contributed by atoms with Crippen LogP contribution in [0.4, 0.5) is 0 Å². The Morgan fingerprint density at radius 3 is 1.82 bits per heavy atom. The lowest BCUT2D eigenvalue weighted by molar-refractivity contribution is -0.134. The van der Waals surface area contributed by atoms with Gasteiger partial charge in [0.1, 0.15) is 0 Å². The van der Waals surface area contributed by atoms with Gasteiger partial charge in [-0.05, 0) is 24.5 Å². The van der Waals surface area contributed by atoms with E-state index in [1.165, 1.54) is 5.56 Å². The molecule has 1 unspecified atom stereocenters. The zero-order valence-corrected chi connectivity index (χ0v) is 15.5. The van der Waals surface area contributed by atoms with E-state index in [2.05, 4.69) is 17.4 Å². The number of carboxylic acid groups (broad SMARTS) is 2. The number of carbonyl (C=O) groups excluding carboxylic acids is 1. The average molecular weight is 384 g/mol. The van der Waals surface area contributed by atoms with Crippen LogP contribution in [0.5, 0.6) is 0 Å². The zero-order valence-electron chi connectivity index (χ0n) is 15.5. The second-order valence-electron chi connectivity index (χ2n) is 6.12. The lowest BCUT2D eigenvalue weighted by Crippen LogP contribution is -2.47. The Balaban J connectivity index is 0.000000416. The molecule has 0 fully saturated rings. The molecule has 2 aromatic carbocycles. The number of hydrogen-bond acceptors (Lipinski definition) is 4. The van der Waals surface area contributed by atoms with E-state index < -0.39 is 17.5 Å². The highest BCUT2D eigenvalue weighted by atomic mass is 16.4. The van der Waals surface area contributed by atoms with E-state index in [0.717, 1.165) is 12.0 Å². The first kappa shape index (κ1) is 22.6. The second-order valence-corrected chi connectivity index (χ2v) is 6.12. The Bertz CT molecular complexity index is 790. The predicted octanol–water partition coefficient (Wildman–Crippen LogP) is 1.93. The molecule has 7 heteroatoms. The lowest BCUT2D eigenvalue weighted by Gasteiger charge is -2.31. The van der Waals surface area contributed by atoms with Gasteiger partial charge in [0, 0.05) is 12.2 Å². The molecule has 0 bridgehead atoms. The molecule has 5 N–H and O–H groups in total. The van der Waals surface area contributed by atoms with Gasteiger partial charge < -0.3 is 21.3 Å². The van der Waals surface area contributed by atoms with Crippen molar-refractivity contribution < 1.29 is 24.6 Å². The second kappa shape index (κ2) is 11.3. The normalized spacial score (nSPS) is 12.4. The van der Waals surface area contributed by atoms with Crippen LogP contribution in [-0.2, 0) is 26.3 Å². The fourth-order valence-corrected chi connectivity index (χ4v) is 2.53. The van der Waals surface area contributed by atoms with Crippen molar-refractivity contribution in [2.45, 2.75) is 18.9 Å². The maximum Gasteiger partial charge on any atom is 0.328 e. The maximum absolute atomic E-state index is 11.8. The Morgan fingerprint density at radius 2 is 1.39 bits per heavy atom. The van der Waals surface area contributed by atoms with Crippen LogP contribution in [-0.4, -0.2) is 34.6 Å². The van der Waals surface area contributed by atoms with Crippen molar-refractivity contribution in [1.29, 1.82) is 0 Å². The monoisotopic (exact) mass is 384 g/mol. The Hall–Kier alpha value is -3.45. The predicted molar refractivity (Wildman–Crippen MR) is 106 cm³/mol. The molecule has 2 aromatic rings. The quantitative estimate of drug-likeness (QED) is 0.540. The number of nitrogens with two attached hydrogens (primary N) is 1. The van der Waals surface area contributed by atoms with Crippen molar-refractivity contribution in [3.63, 3.8) is 0 Å². The summed E-state index contributed by atoms with van der Waals surface area (Å²) in [7, 11) is 0. The Morgan fingerprint density at radius 1 is 0.929 bits per heavy atom. The minimum atomic E-state index is -1.26. The fourth-order valence-electron chi connectivity index (χ4n) is 2.53. The van der Waals surface area contributed by atoms with Gasteiger partial charge in [-0.25, -0.2) is 9.59 Å². The zero-order chi connectivity index (χ0) is 21.0. The molecule has 0 aliphatic heterocycles. The molecule has 1 amide bonds. The van der Waals surface area contributed by atoms with E-state index in [-0.39, 0.29) is 12.5 Å². The molecule has 148 valence electrons. The molecule has 0 aromatic heterocycles. The number of hydrogen-bond donors (Lipinski definition) is 4. The summed E-state index contributed by atoms with van der Waals surface area (Å²) in [6.07, 6.45) is 1.84. The maximum atomic E-state index is 11.8. The van der Waals surface area contributed by atoms with Crippen LogP contribution in [0.15, 0.2) is 72.8 Å². The summed E-state index contributed by atoms with van der Waals surface area (Å²) >= 11 is 0. The molecule has 0 saturated heterocycles. The SMILES string of the molecule is CC(Cc1ccccc1)(NC(=O)CN)c1ccccc1.O=C(O)/C=C/C(=O)O. The standard InChI is InChI=1S/C17H20N2O.C4H4O4/c1-17(19-16(20)13-18,15-10-6-3-7-11-15)12-14-8-4-2-5-9-14;5-3(6)1-2-4(7)8/h2-11H,12-13,18H2,1H3,(H,19,20);1-2H,(H,5,6)(H,7,8)/b;2-1+. The third-order valence-corrected chi connectivity index (χ3v) is 3.78. The number of benzene rings is 2. The Kier molecular flexibility index (Phi) is 9.12. The van der Waals surface area contributed by atoms with E-state index in [1.54, 1.807) is 0 Å². The molecule has 0 aliphatic carbocycles. The molecule has 28 heavy (non-hydrogen) atoms. The highest BCUT2D eigenvalue weighted by Crippen LogP contribution is 2.25. The van der Waals surface area contributed by atoms with Crippen molar-refractivity contribution in [2.75, 3.05) is 6.54 Å². The topological polar surface area (TPSA) is 130 Å². The first-order chi connectivity index (χ1) is 13.3. The fraction of sp³-hybridized carbons (Fsp3) is 0.190. The average Bonchev–Trinajstić information content (AvgIpc) is 2.68. The number of carboxylic acids is 2. The number of aliphatic carboxylic acids is 2. The first-order valence-electron chi connectivity index (χ1n) is 8.51. The number of amides is 1. The van der Waals surface area contributed by atoms with Crippen LogP contribution in [0.25, 0.3) is 0 Å². The third kappa shape index (κ3) is 8.29. The van der Waals surface area contributed by atoms with Gasteiger partial charge in [0.25, 0.3) is 0 Å². The van der Waals surface area contributed by atoms with Crippen molar-refractivity contribution in [1.82, 2.24) is 5.32 Å². The van der Waals surface area contributed by atoms with Crippen LogP contribution in [0.2, 0.25) is 0 Å². The molecular weight excluding hydrogens is 360 g/mol. The van der Waals surface area contributed by atoms with E-state index in [0.29, 0.717) is 12.2 Å². The van der Waals surface area contributed by atoms with Crippen molar-refractivity contribution in [2.24, 2.45) is 5.73 Å². The first-order valence-corrected chi connectivity index (χ1v) is 8.51. The largest absolute Gasteiger partial charge is 0.478 e. The molecule has 0 spiro atoms. The van der Waals surface area contributed by atoms with Gasteiger partial charge in [0.05, 0.1) is 12.1 Å². The summed E-state index contributed by atoms with van der Waals surface area (Å²) in [6, 6.07) is 20.1. The van der Waals surface area contributed by atoms with E-state index in [9.17, 15) is 14.4 Å². The van der Waals surface area contributed by atoms with Crippen LogP contribution in [0, 0.1) is 0 Å². The molecule has 0 saturated carbocycles. The van der Waals surface area contributed by atoms with Gasteiger partial charge in [-0.15, -0.1) is 0 Å². The van der Waals surface area contributed by atoms with Crippen molar-refractivity contribution in [3.8, 4) is 0 Å². The molecule has 0 aliphatic rings. The molecular formula is C21H24N2O5. The number of rotatable bonds is 7. The van der Waals surface area contributed by atoms with Gasteiger partial charge in [-0.3, -0.25) is 4.79 Å². The minimum Gasteiger partial charge on any atom is -0.478 e. The van der Waals surface area contributed by atoms with Crippen LogP contribution >= 0.6 is 0 Å². The van der Waals surface area contributed by atoms with Crippen LogP contribution < -0.4 is 11.1 Å².